The summed E-state index contributed by atoms with van der Waals surface area (Å²) in [6.07, 6.45) is 0.0630. The predicted octanol–water partition coefficient (Wildman–Crippen LogP) is 3.85. The van der Waals surface area contributed by atoms with Gasteiger partial charge in [0.1, 0.15) is 0 Å². The first kappa shape index (κ1) is 14.9. The van der Waals surface area contributed by atoms with Gasteiger partial charge in [0.2, 0.25) is 0 Å². The highest BCUT2D eigenvalue weighted by Crippen LogP contribution is 2.27. The lowest BCUT2D eigenvalue weighted by Crippen LogP contribution is -2.27. The first-order chi connectivity index (χ1) is 8.40. The van der Waals surface area contributed by atoms with Gasteiger partial charge in [-0.1, -0.05) is 35.4 Å². The van der Waals surface area contributed by atoms with E-state index in [9.17, 15) is 4.79 Å². The van der Waals surface area contributed by atoms with E-state index in [1.165, 1.54) is 0 Å². The topological polar surface area (TPSA) is 40.5 Å². The van der Waals surface area contributed by atoms with Crippen LogP contribution in [0.2, 0.25) is 10.0 Å². The summed E-state index contributed by atoms with van der Waals surface area (Å²) in [7, 11) is 0. The summed E-state index contributed by atoms with van der Waals surface area (Å²) in [6.45, 7) is 6.72. The van der Waals surface area contributed by atoms with Crippen molar-refractivity contribution in [3.63, 3.8) is 0 Å². The average molecular weight is 288 g/mol. The number of nitrogens with zero attached hydrogens (tertiary/aromatic N) is 1. The molecule has 3 nitrogen and oxygen atoms in total. The molecule has 0 unspecified atom stereocenters. The van der Waals surface area contributed by atoms with Crippen molar-refractivity contribution in [2.75, 3.05) is 18.0 Å². The van der Waals surface area contributed by atoms with E-state index in [0.717, 1.165) is 11.3 Å². The molecule has 0 radical (unpaired) electrons. The summed E-state index contributed by atoms with van der Waals surface area (Å²) >= 11 is 11.8. The molecular formula is C13H15Cl2NO2. The molecule has 0 amide bonds. The maximum atomic E-state index is 10.6. The SMILES string of the molecule is C=C(C)CN(CCC(=O)O)c1ccc(Cl)c(Cl)c1. The molecule has 0 spiro atoms. The molecule has 0 aliphatic carbocycles. The van der Waals surface area contributed by atoms with Crippen LogP contribution >= 0.6 is 23.2 Å². The number of benzene rings is 1. The quantitative estimate of drug-likeness (QED) is 0.808. The van der Waals surface area contributed by atoms with E-state index in [0.29, 0.717) is 23.1 Å². The number of hydrogen-bond donors (Lipinski definition) is 1. The molecule has 0 bridgehead atoms. The van der Waals surface area contributed by atoms with Crippen molar-refractivity contribution >= 4 is 34.9 Å². The van der Waals surface area contributed by atoms with Crippen LogP contribution in [0.1, 0.15) is 13.3 Å². The molecule has 0 heterocycles. The van der Waals surface area contributed by atoms with Crippen LogP contribution in [-0.4, -0.2) is 24.2 Å². The molecule has 0 aliphatic heterocycles. The van der Waals surface area contributed by atoms with Crippen LogP contribution in [0, 0.1) is 0 Å². The van der Waals surface area contributed by atoms with Crippen molar-refractivity contribution in [1.82, 2.24) is 0 Å². The third kappa shape index (κ3) is 4.59. The van der Waals surface area contributed by atoms with E-state index in [-0.39, 0.29) is 6.42 Å². The Morgan fingerprint density at radius 2 is 2.06 bits per heavy atom. The zero-order chi connectivity index (χ0) is 13.7. The van der Waals surface area contributed by atoms with Crippen LogP contribution in [0.3, 0.4) is 0 Å². The largest absolute Gasteiger partial charge is 0.481 e. The van der Waals surface area contributed by atoms with Gasteiger partial charge in [0.25, 0.3) is 0 Å². The fourth-order valence-corrected chi connectivity index (χ4v) is 1.83. The molecule has 0 atom stereocenters. The number of halogens is 2. The zero-order valence-electron chi connectivity index (χ0n) is 10.1. The van der Waals surface area contributed by atoms with Gasteiger partial charge in [-0.2, -0.15) is 0 Å². The van der Waals surface area contributed by atoms with Crippen LogP contribution in [-0.2, 0) is 4.79 Å². The first-order valence-corrected chi connectivity index (χ1v) is 6.22. The summed E-state index contributed by atoms with van der Waals surface area (Å²) in [5.74, 6) is -0.832. The minimum absolute atomic E-state index is 0.0630. The number of carboxylic acid groups (broad SMARTS) is 1. The van der Waals surface area contributed by atoms with Gasteiger partial charge in [-0.25, -0.2) is 0 Å². The van der Waals surface area contributed by atoms with E-state index in [1.54, 1.807) is 12.1 Å². The summed E-state index contributed by atoms with van der Waals surface area (Å²) in [5, 5.41) is 9.68. The van der Waals surface area contributed by atoms with E-state index in [1.807, 2.05) is 17.9 Å². The van der Waals surface area contributed by atoms with Gasteiger partial charge < -0.3 is 10.0 Å². The fraction of sp³-hybridized carbons (Fsp3) is 0.308. The van der Waals surface area contributed by atoms with Crippen molar-refractivity contribution in [3.05, 3.63) is 40.4 Å². The van der Waals surface area contributed by atoms with Crippen LogP contribution < -0.4 is 4.90 Å². The number of hydrogen-bond acceptors (Lipinski definition) is 2. The Morgan fingerprint density at radius 1 is 1.39 bits per heavy atom. The summed E-state index contributed by atoms with van der Waals surface area (Å²) in [5.41, 5.74) is 1.79. The normalized spacial score (nSPS) is 10.2. The molecule has 98 valence electrons. The fourth-order valence-electron chi connectivity index (χ4n) is 1.54. The summed E-state index contributed by atoms with van der Waals surface area (Å²) in [6, 6.07) is 5.25. The summed E-state index contributed by atoms with van der Waals surface area (Å²) < 4.78 is 0. The smallest absolute Gasteiger partial charge is 0.305 e. The van der Waals surface area contributed by atoms with Gasteiger partial charge in [-0.3, -0.25) is 4.79 Å². The lowest BCUT2D eigenvalue weighted by atomic mass is 10.2. The maximum Gasteiger partial charge on any atom is 0.305 e. The average Bonchev–Trinajstić information content (AvgIpc) is 2.27. The highest BCUT2D eigenvalue weighted by atomic mass is 35.5. The second-order valence-electron chi connectivity index (χ2n) is 4.12. The Morgan fingerprint density at radius 3 is 2.56 bits per heavy atom. The van der Waals surface area contributed by atoms with Crippen molar-refractivity contribution < 1.29 is 9.90 Å². The Labute approximate surface area is 117 Å². The Balaban J connectivity index is 2.89. The molecule has 0 aromatic heterocycles. The van der Waals surface area contributed by atoms with Crippen molar-refractivity contribution in [2.24, 2.45) is 0 Å². The molecular weight excluding hydrogens is 273 g/mol. The van der Waals surface area contributed by atoms with E-state index >= 15 is 0 Å². The highest BCUT2D eigenvalue weighted by Gasteiger charge is 2.10. The van der Waals surface area contributed by atoms with Crippen molar-refractivity contribution in [1.29, 1.82) is 0 Å². The molecule has 0 aliphatic rings. The standard InChI is InChI=1S/C13H15Cl2NO2/c1-9(2)8-16(6-5-13(17)18)10-3-4-11(14)12(15)7-10/h3-4,7H,1,5-6,8H2,2H3,(H,17,18). The lowest BCUT2D eigenvalue weighted by molar-refractivity contribution is -0.136. The van der Waals surface area contributed by atoms with E-state index < -0.39 is 5.97 Å². The van der Waals surface area contributed by atoms with E-state index in [2.05, 4.69) is 6.58 Å². The van der Waals surface area contributed by atoms with Crippen molar-refractivity contribution in [2.45, 2.75) is 13.3 Å². The molecule has 0 fully saturated rings. The molecule has 1 aromatic carbocycles. The third-order valence-corrected chi connectivity index (χ3v) is 3.06. The number of anilines is 1. The molecule has 1 aromatic rings. The number of carbonyl (C=O) groups is 1. The zero-order valence-corrected chi connectivity index (χ0v) is 11.6. The Kier molecular flexibility index (Phi) is 5.51. The predicted molar refractivity (Wildman–Crippen MR) is 75.7 cm³/mol. The number of rotatable bonds is 6. The van der Waals surface area contributed by atoms with Crippen LogP contribution in [0.4, 0.5) is 5.69 Å². The van der Waals surface area contributed by atoms with E-state index in [4.69, 9.17) is 28.3 Å². The number of carboxylic acids is 1. The Bertz CT molecular complexity index is 460. The third-order valence-electron chi connectivity index (χ3n) is 2.32. The van der Waals surface area contributed by atoms with Crippen LogP contribution in [0.15, 0.2) is 30.4 Å². The van der Waals surface area contributed by atoms with Gasteiger partial charge in [-0.05, 0) is 25.1 Å². The lowest BCUT2D eigenvalue weighted by Gasteiger charge is -2.24. The highest BCUT2D eigenvalue weighted by molar-refractivity contribution is 6.42. The van der Waals surface area contributed by atoms with Crippen molar-refractivity contribution in [3.8, 4) is 0 Å². The maximum absolute atomic E-state index is 10.6. The molecule has 18 heavy (non-hydrogen) atoms. The molecule has 1 rings (SSSR count). The van der Waals surface area contributed by atoms with Gasteiger partial charge in [0.15, 0.2) is 0 Å². The van der Waals surface area contributed by atoms with Crippen LogP contribution in [0.25, 0.3) is 0 Å². The second kappa shape index (κ2) is 6.66. The molecule has 5 heteroatoms. The minimum Gasteiger partial charge on any atom is -0.481 e. The minimum atomic E-state index is -0.832. The molecule has 0 saturated heterocycles. The molecule has 1 N–H and O–H groups in total. The van der Waals surface area contributed by atoms with Gasteiger partial charge in [-0.15, -0.1) is 0 Å². The van der Waals surface area contributed by atoms with Crippen LogP contribution in [0.5, 0.6) is 0 Å². The second-order valence-corrected chi connectivity index (χ2v) is 4.94. The molecule has 0 saturated carbocycles. The number of aliphatic carboxylic acids is 1. The Hall–Kier alpha value is -1.19. The first-order valence-electron chi connectivity index (χ1n) is 5.46. The van der Waals surface area contributed by atoms with Gasteiger partial charge in [0.05, 0.1) is 16.5 Å². The van der Waals surface area contributed by atoms with Gasteiger partial charge in [0, 0.05) is 18.8 Å². The monoisotopic (exact) mass is 287 g/mol. The van der Waals surface area contributed by atoms with Gasteiger partial charge >= 0.3 is 5.97 Å². The summed E-state index contributed by atoms with van der Waals surface area (Å²) in [4.78, 5) is 12.6.